The third-order valence-electron chi connectivity index (χ3n) is 3.47. The molecule has 6 nitrogen and oxygen atoms in total. The zero-order chi connectivity index (χ0) is 15.0. The van der Waals surface area contributed by atoms with Crippen LogP contribution < -0.4 is 14.8 Å². The van der Waals surface area contributed by atoms with Gasteiger partial charge >= 0.3 is 5.97 Å². The van der Waals surface area contributed by atoms with Crippen LogP contribution in [0.25, 0.3) is 0 Å². The summed E-state index contributed by atoms with van der Waals surface area (Å²) in [6.45, 7) is 0.0514. The maximum Gasteiger partial charge on any atom is 0.330 e. The maximum absolute atomic E-state index is 12.3. The Labute approximate surface area is 129 Å². The monoisotopic (exact) mass is 329 g/mol. The number of carboxylic acid groups (broad SMARTS) is 1. The third-order valence-corrected chi connectivity index (χ3v) is 4.94. The molecule has 0 radical (unpaired) electrons. The lowest BCUT2D eigenvalue weighted by Crippen LogP contribution is -2.54. The Morgan fingerprint density at radius 2 is 2.19 bits per heavy atom. The van der Waals surface area contributed by atoms with Gasteiger partial charge in [0.25, 0.3) is 5.91 Å². The second-order valence-electron chi connectivity index (χ2n) is 4.84. The summed E-state index contributed by atoms with van der Waals surface area (Å²) < 4.78 is 10.4. The van der Waals surface area contributed by atoms with E-state index >= 15 is 0 Å². The SMILES string of the molecule is O=C(N[C@@]1(C(=O)O)CCSC1)c1cc(Cl)c2c(c1)OCO2. The lowest BCUT2D eigenvalue weighted by molar-refractivity contribution is -0.143. The highest BCUT2D eigenvalue weighted by atomic mass is 35.5. The lowest BCUT2D eigenvalue weighted by atomic mass is 9.98. The Bertz CT molecular complexity index is 615. The molecule has 0 unspecified atom stereocenters. The van der Waals surface area contributed by atoms with Crippen molar-refractivity contribution < 1.29 is 24.2 Å². The van der Waals surface area contributed by atoms with Crippen LogP contribution in [0.2, 0.25) is 5.02 Å². The van der Waals surface area contributed by atoms with E-state index in [2.05, 4.69) is 5.32 Å². The largest absolute Gasteiger partial charge is 0.479 e. The van der Waals surface area contributed by atoms with Crippen LogP contribution in [0.3, 0.4) is 0 Å². The molecular formula is C13H12ClNO5S. The number of carboxylic acids is 1. The average Bonchev–Trinajstić information content (AvgIpc) is 3.07. The summed E-state index contributed by atoms with van der Waals surface area (Å²) in [7, 11) is 0. The van der Waals surface area contributed by atoms with Crippen molar-refractivity contribution in [1.29, 1.82) is 0 Å². The van der Waals surface area contributed by atoms with Crippen LogP contribution in [0.4, 0.5) is 0 Å². The van der Waals surface area contributed by atoms with Crippen molar-refractivity contribution in [2.45, 2.75) is 12.0 Å². The molecule has 1 aromatic rings. The minimum absolute atomic E-state index is 0.0514. The predicted octanol–water partition coefficient (Wildman–Crippen LogP) is 1.76. The molecule has 2 aliphatic rings. The summed E-state index contributed by atoms with van der Waals surface area (Å²) in [5, 5.41) is 12.2. The van der Waals surface area contributed by atoms with Crippen LogP contribution in [-0.4, -0.2) is 40.8 Å². The lowest BCUT2D eigenvalue weighted by Gasteiger charge is -2.24. The molecule has 0 aliphatic carbocycles. The van der Waals surface area contributed by atoms with E-state index in [1.165, 1.54) is 23.9 Å². The number of rotatable bonds is 3. The molecule has 2 heterocycles. The summed E-state index contributed by atoms with van der Waals surface area (Å²) in [6.07, 6.45) is 0.400. The number of fused-ring (bicyclic) bond motifs is 1. The van der Waals surface area contributed by atoms with Crippen molar-refractivity contribution in [3.63, 3.8) is 0 Å². The molecule has 3 rings (SSSR count). The Morgan fingerprint density at radius 3 is 2.86 bits per heavy atom. The maximum atomic E-state index is 12.3. The first-order valence-electron chi connectivity index (χ1n) is 6.25. The molecule has 21 heavy (non-hydrogen) atoms. The number of benzene rings is 1. The van der Waals surface area contributed by atoms with Crippen LogP contribution in [-0.2, 0) is 4.79 Å². The van der Waals surface area contributed by atoms with Crippen LogP contribution in [0.5, 0.6) is 11.5 Å². The normalized spacial score (nSPS) is 23.1. The molecule has 1 aromatic carbocycles. The van der Waals surface area contributed by atoms with E-state index in [-0.39, 0.29) is 17.4 Å². The number of hydrogen-bond acceptors (Lipinski definition) is 5. The van der Waals surface area contributed by atoms with Crippen molar-refractivity contribution in [2.75, 3.05) is 18.3 Å². The van der Waals surface area contributed by atoms with E-state index in [9.17, 15) is 14.7 Å². The predicted molar refractivity (Wildman–Crippen MR) is 77.4 cm³/mol. The second kappa shape index (κ2) is 5.31. The molecule has 1 saturated heterocycles. The van der Waals surface area contributed by atoms with Crippen molar-refractivity contribution in [1.82, 2.24) is 5.32 Å². The molecule has 0 bridgehead atoms. The van der Waals surface area contributed by atoms with Crippen LogP contribution in [0, 0.1) is 0 Å². The van der Waals surface area contributed by atoms with Gasteiger partial charge in [-0.05, 0) is 24.3 Å². The second-order valence-corrected chi connectivity index (χ2v) is 6.35. The number of carbonyl (C=O) groups is 2. The average molecular weight is 330 g/mol. The van der Waals surface area contributed by atoms with Crippen molar-refractivity contribution >= 4 is 35.2 Å². The van der Waals surface area contributed by atoms with Gasteiger partial charge in [-0.25, -0.2) is 4.79 Å². The molecule has 1 atom stereocenters. The van der Waals surface area contributed by atoms with Crippen LogP contribution in [0.1, 0.15) is 16.8 Å². The van der Waals surface area contributed by atoms with E-state index in [0.717, 1.165) is 0 Å². The molecule has 1 fully saturated rings. The molecule has 0 spiro atoms. The van der Waals surface area contributed by atoms with Gasteiger partial charge in [0.1, 0.15) is 5.54 Å². The molecule has 2 aliphatic heterocycles. The van der Waals surface area contributed by atoms with Crippen LogP contribution in [0.15, 0.2) is 12.1 Å². The molecule has 0 saturated carbocycles. The first kappa shape index (κ1) is 14.3. The van der Waals surface area contributed by atoms with Gasteiger partial charge in [0.15, 0.2) is 11.5 Å². The quantitative estimate of drug-likeness (QED) is 0.879. The zero-order valence-electron chi connectivity index (χ0n) is 10.8. The van der Waals surface area contributed by atoms with Gasteiger partial charge in [-0.15, -0.1) is 0 Å². The fraction of sp³-hybridized carbons (Fsp3) is 0.385. The highest BCUT2D eigenvalue weighted by molar-refractivity contribution is 7.99. The van der Waals surface area contributed by atoms with E-state index < -0.39 is 17.4 Å². The van der Waals surface area contributed by atoms with Crippen LogP contribution >= 0.6 is 23.4 Å². The van der Waals surface area contributed by atoms with Gasteiger partial charge in [0.2, 0.25) is 6.79 Å². The molecule has 0 aromatic heterocycles. The van der Waals surface area contributed by atoms with Gasteiger partial charge in [0.05, 0.1) is 5.02 Å². The summed E-state index contributed by atoms with van der Waals surface area (Å²) in [4.78, 5) is 23.8. The van der Waals surface area contributed by atoms with Gasteiger partial charge in [-0.1, -0.05) is 11.6 Å². The summed E-state index contributed by atoms with van der Waals surface area (Å²) in [6, 6.07) is 2.95. The summed E-state index contributed by atoms with van der Waals surface area (Å²) >= 11 is 7.53. The number of ether oxygens (including phenoxy) is 2. The van der Waals surface area contributed by atoms with Crippen molar-refractivity contribution in [3.8, 4) is 11.5 Å². The molecule has 1 amide bonds. The fourth-order valence-electron chi connectivity index (χ4n) is 2.27. The van der Waals surface area contributed by atoms with E-state index in [0.29, 0.717) is 29.4 Å². The van der Waals surface area contributed by atoms with Crippen molar-refractivity contribution in [2.24, 2.45) is 0 Å². The van der Waals surface area contributed by atoms with Gasteiger partial charge in [0, 0.05) is 11.3 Å². The fourth-order valence-corrected chi connectivity index (χ4v) is 3.86. The Morgan fingerprint density at radius 1 is 1.38 bits per heavy atom. The van der Waals surface area contributed by atoms with Gasteiger partial charge < -0.3 is 19.9 Å². The first-order valence-corrected chi connectivity index (χ1v) is 7.78. The number of halogens is 1. The minimum atomic E-state index is -1.22. The number of thioether (sulfide) groups is 1. The number of amides is 1. The number of carbonyl (C=O) groups excluding carboxylic acids is 1. The highest BCUT2D eigenvalue weighted by Crippen LogP contribution is 2.40. The van der Waals surface area contributed by atoms with Gasteiger partial charge in [-0.3, -0.25) is 4.79 Å². The summed E-state index contributed by atoms with van der Waals surface area (Å²) in [5.41, 5.74) is -0.966. The Hall–Kier alpha value is -1.60. The third kappa shape index (κ3) is 2.51. The standard InChI is InChI=1S/C13H12ClNO5S/c14-8-3-7(4-9-10(8)20-6-19-9)11(16)15-13(12(17)18)1-2-21-5-13/h3-4H,1-2,5-6H2,(H,15,16)(H,17,18)/t13-/m0/s1. The first-order chi connectivity index (χ1) is 10.0. The zero-order valence-corrected chi connectivity index (χ0v) is 12.4. The Balaban J connectivity index is 1.86. The molecule has 2 N–H and O–H groups in total. The highest BCUT2D eigenvalue weighted by Gasteiger charge is 2.43. The van der Waals surface area contributed by atoms with Gasteiger partial charge in [-0.2, -0.15) is 11.8 Å². The van der Waals surface area contributed by atoms with E-state index in [1.807, 2.05) is 0 Å². The number of nitrogens with one attached hydrogen (secondary N) is 1. The number of aliphatic carboxylic acids is 1. The topological polar surface area (TPSA) is 84.9 Å². The van der Waals surface area contributed by atoms with Crippen molar-refractivity contribution in [3.05, 3.63) is 22.7 Å². The van der Waals surface area contributed by atoms with E-state index in [4.69, 9.17) is 21.1 Å². The molecular weight excluding hydrogens is 318 g/mol. The molecule has 112 valence electrons. The molecule has 8 heteroatoms. The Kier molecular flexibility index (Phi) is 3.62. The minimum Gasteiger partial charge on any atom is -0.479 e. The summed E-state index contributed by atoms with van der Waals surface area (Å²) in [5.74, 6) is 0.337. The number of hydrogen-bond donors (Lipinski definition) is 2. The van der Waals surface area contributed by atoms with E-state index in [1.54, 1.807) is 0 Å². The smallest absolute Gasteiger partial charge is 0.330 e.